The highest BCUT2D eigenvalue weighted by Crippen LogP contribution is 2.37. The minimum absolute atomic E-state index is 0.175. The van der Waals surface area contributed by atoms with E-state index in [1.165, 1.54) is 29.5 Å². The van der Waals surface area contributed by atoms with Gasteiger partial charge in [-0.05, 0) is 41.8 Å². The highest BCUT2D eigenvalue weighted by atomic mass is 32.2. The number of anilines is 1. The molecular weight excluding hydrogens is 389 g/mol. The molecule has 150 valence electrons. The molecule has 1 aliphatic rings. The second-order valence-corrected chi connectivity index (χ2v) is 7.93. The molecule has 0 fully saturated rings. The molecule has 0 radical (unpaired) electrons. The number of thioether (sulfide) groups is 1. The van der Waals surface area contributed by atoms with Gasteiger partial charge in [0.2, 0.25) is 11.1 Å². The van der Waals surface area contributed by atoms with Gasteiger partial charge >= 0.3 is 0 Å². The molecule has 0 unspecified atom stereocenters. The molecular formula is C21H22FN5OS. The Morgan fingerprint density at radius 1 is 1.10 bits per heavy atom. The molecule has 1 amide bonds. The summed E-state index contributed by atoms with van der Waals surface area (Å²) in [5.74, 6) is 0.303. The Balaban J connectivity index is 1.65. The lowest BCUT2D eigenvalue weighted by Gasteiger charge is -2.33. The molecule has 0 bridgehead atoms. The van der Waals surface area contributed by atoms with Crippen molar-refractivity contribution < 1.29 is 9.18 Å². The van der Waals surface area contributed by atoms with Crippen molar-refractivity contribution in [1.29, 1.82) is 0 Å². The van der Waals surface area contributed by atoms with E-state index >= 15 is 0 Å². The van der Waals surface area contributed by atoms with Crippen molar-refractivity contribution in [2.45, 2.75) is 43.1 Å². The van der Waals surface area contributed by atoms with Gasteiger partial charge in [-0.1, -0.05) is 49.9 Å². The molecule has 0 saturated heterocycles. The van der Waals surface area contributed by atoms with Crippen LogP contribution in [0, 0.1) is 5.82 Å². The van der Waals surface area contributed by atoms with Crippen molar-refractivity contribution in [3.8, 4) is 0 Å². The summed E-state index contributed by atoms with van der Waals surface area (Å²) < 4.78 is 15.0. The third-order valence-electron chi connectivity index (χ3n) is 4.94. The summed E-state index contributed by atoms with van der Waals surface area (Å²) in [4.78, 5) is 13.1. The number of amides is 1. The van der Waals surface area contributed by atoms with Gasteiger partial charge in [0.1, 0.15) is 11.1 Å². The van der Waals surface area contributed by atoms with E-state index in [0.717, 1.165) is 24.2 Å². The zero-order valence-corrected chi connectivity index (χ0v) is 17.0. The average molecular weight is 412 g/mol. The standard InChI is InChI=1S/C21H22FN5OS/c1-3-13-5-7-14(8-6-13)18-19(20(28)23-16-11-9-15(22)10-12-16)29-21-25-24-17(4-2)27(21)26-18/h5-12,18-19,26H,3-4H2,1-2H3,(H,23,28)/t18-,19-/m1/s1. The molecule has 2 aromatic carbocycles. The number of aryl methyl sites for hydroxylation is 2. The highest BCUT2D eigenvalue weighted by Gasteiger charge is 2.37. The van der Waals surface area contributed by atoms with E-state index in [9.17, 15) is 9.18 Å². The number of halogens is 1. The molecule has 29 heavy (non-hydrogen) atoms. The summed E-state index contributed by atoms with van der Waals surface area (Å²) in [6.45, 7) is 4.13. The predicted molar refractivity (Wildman–Crippen MR) is 112 cm³/mol. The van der Waals surface area contributed by atoms with E-state index in [-0.39, 0.29) is 17.8 Å². The molecule has 6 nitrogen and oxygen atoms in total. The van der Waals surface area contributed by atoms with Gasteiger partial charge in [0, 0.05) is 12.1 Å². The lowest BCUT2D eigenvalue weighted by atomic mass is 10.0. The Kier molecular flexibility index (Phi) is 5.53. The van der Waals surface area contributed by atoms with Crippen LogP contribution in [-0.2, 0) is 17.6 Å². The van der Waals surface area contributed by atoms with Gasteiger partial charge in [-0.25, -0.2) is 9.07 Å². The molecule has 0 aliphatic carbocycles. The molecule has 1 aromatic heterocycles. The van der Waals surface area contributed by atoms with E-state index < -0.39 is 5.25 Å². The van der Waals surface area contributed by atoms with Crippen LogP contribution in [0.3, 0.4) is 0 Å². The van der Waals surface area contributed by atoms with Gasteiger partial charge in [-0.2, -0.15) is 0 Å². The first-order chi connectivity index (χ1) is 14.1. The van der Waals surface area contributed by atoms with Gasteiger partial charge in [-0.3, -0.25) is 4.79 Å². The average Bonchev–Trinajstić information content (AvgIpc) is 3.16. The first kappa shape index (κ1) is 19.4. The van der Waals surface area contributed by atoms with Crippen LogP contribution in [0.1, 0.15) is 36.8 Å². The molecule has 3 aromatic rings. The van der Waals surface area contributed by atoms with Crippen molar-refractivity contribution in [2.75, 3.05) is 10.7 Å². The number of hydrogen-bond donors (Lipinski definition) is 2. The Bertz CT molecular complexity index is 1000. The van der Waals surface area contributed by atoms with Gasteiger partial charge in [0.05, 0.1) is 6.04 Å². The van der Waals surface area contributed by atoms with Gasteiger partial charge < -0.3 is 10.7 Å². The maximum absolute atomic E-state index is 13.2. The number of nitrogens with zero attached hydrogens (tertiary/aromatic N) is 3. The Morgan fingerprint density at radius 2 is 1.83 bits per heavy atom. The number of fused-ring (bicyclic) bond motifs is 1. The Morgan fingerprint density at radius 3 is 2.48 bits per heavy atom. The second kappa shape index (κ2) is 8.24. The number of carbonyl (C=O) groups is 1. The summed E-state index contributed by atoms with van der Waals surface area (Å²) in [6.07, 6.45) is 1.69. The van der Waals surface area contributed by atoms with Crippen LogP contribution in [0.4, 0.5) is 10.1 Å². The molecule has 1 aliphatic heterocycles. The lowest BCUT2D eigenvalue weighted by molar-refractivity contribution is -0.116. The van der Waals surface area contributed by atoms with Crippen molar-refractivity contribution >= 4 is 23.4 Å². The smallest absolute Gasteiger partial charge is 0.240 e. The SMILES string of the molecule is CCc1ccc([C@H]2Nn3c(CC)nnc3S[C@H]2C(=O)Nc2ccc(F)cc2)cc1. The number of benzene rings is 2. The maximum Gasteiger partial charge on any atom is 0.240 e. The van der Waals surface area contributed by atoms with Crippen molar-refractivity contribution in [3.05, 3.63) is 71.3 Å². The van der Waals surface area contributed by atoms with Crippen molar-refractivity contribution in [1.82, 2.24) is 14.9 Å². The fourth-order valence-corrected chi connectivity index (χ4v) is 4.38. The van der Waals surface area contributed by atoms with Gasteiger partial charge in [-0.15, -0.1) is 10.2 Å². The van der Waals surface area contributed by atoms with Crippen LogP contribution in [0.25, 0.3) is 0 Å². The monoisotopic (exact) mass is 411 g/mol. The van der Waals surface area contributed by atoms with Crippen molar-refractivity contribution in [2.24, 2.45) is 0 Å². The third kappa shape index (κ3) is 3.98. The minimum atomic E-state index is -0.464. The maximum atomic E-state index is 13.2. The first-order valence-electron chi connectivity index (χ1n) is 9.61. The zero-order valence-electron chi connectivity index (χ0n) is 16.2. The Hall–Kier alpha value is -2.87. The van der Waals surface area contributed by atoms with Crippen molar-refractivity contribution in [3.63, 3.8) is 0 Å². The molecule has 8 heteroatoms. The molecule has 0 spiro atoms. The van der Waals surface area contributed by atoms with Crippen LogP contribution >= 0.6 is 11.8 Å². The van der Waals surface area contributed by atoms with Crippen LogP contribution in [0.15, 0.2) is 53.7 Å². The number of nitrogens with one attached hydrogen (secondary N) is 2. The minimum Gasteiger partial charge on any atom is -0.325 e. The van der Waals surface area contributed by atoms with E-state index in [4.69, 9.17) is 0 Å². The largest absolute Gasteiger partial charge is 0.325 e. The number of hydrogen-bond acceptors (Lipinski definition) is 5. The summed E-state index contributed by atoms with van der Waals surface area (Å²) in [7, 11) is 0. The molecule has 4 rings (SSSR count). The zero-order chi connectivity index (χ0) is 20.4. The summed E-state index contributed by atoms with van der Waals surface area (Å²) in [5, 5.41) is 11.5. The van der Waals surface area contributed by atoms with Crippen LogP contribution in [-0.4, -0.2) is 26.0 Å². The molecule has 0 saturated carbocycles. The summed E-state index contributed by atoms with van der Waals surface area (Å²) >= 11 is 1.38. The normalized spacial score (nSPS) is 18.0. The van der Waals surface area contributed by atoms with E-state index in [1.807, 2.05) is 11.6 Å². The van der Waals surface area contributed by atoms with E-state index in [2.05, 4.69) is 52.1 Å². The van der Waals surface area contributed by atoms with Gasteiger partial charge in [0.25, 0.3) is 0 Å². The third-order valence-corrected chi connectivity index (χ3v) is 6.15. The molecule has 2 atom stereocenters. The topological polar surface area (TPSA) is 71.8 Å². The fraction of sp³-hybridized carbons (Fsp3) is 0.286. The van der Waals surface area contributed by atoms with E-state index in [0.29, 0.717) is 10.8 Å². The Labute approximate surface area is 172 Å². The fourth-order valence-electron chi connectivity index (χ4n) is 3.29. The lowest BCUT2D eigenvalue weighted by Crippen LogP contribution is -2.41. The second-order valence-electron chi connectivity index (χ2n) is 6.82. The molecule has 2 N–H and O–H groups in total. The van der Waals surface area contributed by atoms with Crippen LogP contribution < -0.4 is 10.7 Å². The predicted octanol–water partition coefficient (Wildman–Crippen LogP) is 3.94. The quantitative estimate of drug-likeness (QED) is 0.665. The number of aromatic nitrogens is 3. The number of carbonyl (C=O) groups excluding carboxylic acids is 1. The summed E-state index contributed by atoms with van der Waals surface area (Å²) in [6, 6.07) is 13.8. The van der Waals surface area contributed by atoms with Crippen LogP contribution in [0.2, 0.25) is 0 Å². The summed E-state index contributed by atoms with van der Waals surface area (Å²) in [5.41, 5.74) is 6.23. The first-order valence-corrected chi connectivity index (χ1v) is 10.5. The van der Waals surface area contributed by atoms with E-state index in [1.54, 1.807) is 12.1 Å². The van der Waals surface area contributed by atoms with Gasteiger partial charge in [0.15, 0.2) is 5.82 Å². The van der Waals surface area contributed by atoms with Crippen LogP contribution in [0.5, 0.6) is 0 Å². The molecule has 2 heterocycles. The number of rotatable bonds is 5. The highest BCUT2D eigenvalue weighted by molar-refractivity contribution is 8.00.